The number of hydrogen-bond acceptors (Lipinski definition) is 4. The van der Waals surface area contributed by atoms with Crippen LogP contribution in [-0.4, -0.2) is 62.6 Å². The van der Waals surface area contributed by atoms with Crippen LogP contribution in [-0.2, 0) is 10.0 Å². The van der Waals surface area contributed by atoms with E-state index in [1.807, 2.05) is 0 Å². The summed E-state index contributed by atoms with van der Waals surface area (Å²) >= 11 is 0. The second kappa shape index (κ2) is 7.79. The molecule has 2 rings (SSSR count). The molecule has 23 heavy (non-hydrogen) atoms. The van der Waals surface area contributed by atoms with Crippen LogP contribution < -0.4 is 4.74 Å². The molecular formula is C16H24N2O4S. The van der Waals surface area contributed by atoms with E-state index in [-0.39, 0.29) is 5.91 Å². The normalized spacial score (nSPS) is 16.3. The van der Waals surface area contributed by atoms with Gasteiger partial charge in [0.15, 0.2) is 0 Å². The summed E-state index contributed by atoms with van der Waals surface area (Å²) in [5.41, 5.74) is 0.598. The van der Waals surface area contributed by atoms with Gasteiger partial charge in [-0.2, -0.15) is 4.31 Å². The minimum Gasteiger partial charge on any atom is -0.494 e. The van der Waals surface area contributed by atoms with Gasteiger partial charge in [0.25, 0.3) is 5.91 Å². The molecule has 128 valence electrons. The lowest BCUT2D eigenvalue weighted by molar-refractivity contribution is 0.0698. The zero-order chi connectivity index (χ0) is 16.9. The Bertz CT molecular complexity index is 620. The third kappa shape index (κ3) is 4.94. The van der Waals surface area contributed by atoms with E-state index in [4.69, 9.17) is 4.74 Å². The van der Waals surface area contributed by atoms with Gasteiger partial charge in [0, 0.05) is 31.7 Å². The fourth-order valence-corrected chi connectivity index (χ4v) is 3.26. The molecule has 0 radical (unpaired) electrons. The summed E-state index contributed by atoms with van der Waals surface area (Å²) < 4.78 is 30.0. The molecule has 0 unspecified atom stereocenters. The maximum atomic E-state index is 12.4. The van der Waals surface area contributed by atoms with E-state index in [0.717, 1.165) is 18.6 Å². The van der Waals surface area contributed by atoms with Gasteiger partial charge in [-0.3, -0.25) is 4.79 Å². The Balaban J connectivity index is 1.91. The van der Waals surface area contributed by atoms with Crippen molar-refractivity contribution in [2.45, 2.75) is 19.8 Å². The number of carbonyl (C=O) groups is 1. The first-order valence-corrected chi connectivity index (χ1v) is 9.74. The number of rotatable bonds is 6. The highest BCUT2D eigenvalue weighted by molar-refractivity contribution is 7.88. The summed E-state index contributed by atoms with van der Waals surface area (Å²) in [6.07, 6.45) is 3.28. The van der Waals surface area contributed by atoms with Crippen LogP contribution in [0, 0.1) is 0 Å². The van der Waals surface area contributed by atoms with Crippen molar-refractivity contribution in [2.24, 2.45) is 0 Å². The summed E-state index contributed by atoms with van der Waals surface area (Å²) in [4.78, 5) is 14.1. The number of amides is 1. The molecule has 6 nitrogen and oxygen atoms in total. The summed E-state index contributed by atoms with van der Waals surface area (Å²) in [7, 11) is -3.18. The SMILES string of the molecule is CCCCOc1ccc(C(=O)N2CCN(S(C)(=O)=O)CC2)cc1. The Morgan fingerprint density at radius 3 is 2.26 bits per heavy atom. The predicted molar refractivity (Wildman–Crippen MR) is 89.2 cm³/mol. The van der Waals surface area contributed by atoms with E-state index in [2.05, 4.69) is 6.92 Å². The van der Waals surface area contributed by atoms with Crippen LogP contribution >= 0.6 is 0 Å². The number of ether oxygens (including phenoxy) is 1. The molecule has 1 amide bonds. The van der Waals surface area contributed by atoms with Gasteiger partial charge in [0.1, 0.15) is 5.75 Å². The highest BCUT2D eigenvalue weighted by atomic mass is 32.2. The second-order valence-electron chi connectivity index (χ2n) is 5.68. The molecule has 1 saturated heterocycles. The quantitative estimate of drug-likeness (QED) is 0.738. The Morgan fingerprint density at radius 2 is 1.74 bits per heavy atom. The summed E-state index contributed by atoms with van der Waals surface area (Å²) in [5, 5.41) is 0. The van der Waals surface area contributed by atoms with Crippen molar-refractivity contribution in [2.75, 3.05) is 39.0 Å². The fraction of sp³-hybridized carbons (Fsp3) is 0.562. The number of benzene rings is 1. The zero-order valence-electron chi connectivity index (χ0n) is 13.7. The molecule has 1 aliphatic heterocycles. The van der Waals surface area contributed by atoms with Gasteiger partial charge in [0.2, 0.25) is 10.0 Å². The van der Waals surface area contributed by atoms with Crippen LogP contribution in [0.3, 0.4) is 0 Å². The number of piperazine rings is 1. The molecule has 1 aliphatic rings. The highest BCUT2D eigenvalue weighted by Gasteiger charge is 2.26. The Hall–Kier alpha value is -1.60. The van der Waals surface area contributed by atoms with Crippen molar-refractivity contribution in [3.05, 3.63) is 29.8 Å². The molecule has 0 atom stereocenters. The number of sulfonamides is 1. The van der Waals surface area contributed by atoms with Crippen molar-refractivity contribution >= 4 is 15.9 Å². The molecule has 1 aromatic rings. The van der Waals surface area contributed by atoms with Crippen LogP contribution in [0.25, 0.3) is 0 Å². The van der Waals surface area contributed by atoms with Gasteiger partial charge in [-0.1, -0.05) is 13.3 Å². The van der Waals surface area contributed by atoms with E-state index < -0.39 is 10.0 Å². The maximum absolute atomic E-state index is 12.4. The standard InChI is InChI=1S/C16H24N2O4S/c1-3-4-13-22-15-7-5-14(6-8-15)16(19)17-9-11-18(12-10-17)23(2,20)21/h5-8H,3-4,9-13H2,1-2H3. The molecule has 1 heterocycles. The molecule has 1 aromatic carbocycles. The molecule has 1 fully saturated rings. The van der Waals surface area contributed by atoms with E-state index in [0.29, 0.717) is 38.3 Å². The average molecular weight is 340 g/mol. The van der Waals surface area contributed by atoms with E-state index in [1.165, 1.54) is 10.6 Å². The smallest absolute Gasteiger partial charge is 0.253 e. The first-order valence-electron chi connectivity index (χ1n) is 7.89. The Labute approximate surface area is 138 Å². The lowest BCUT2D eigenvalue weighted by Gasteiger charge is -2.33. The minimum atomic E-state index is -3.18. The minimum absolute atomic E-state index is 0.0711. The molecule has 0 N–H and O–H groups in total. The van der Waals surface area contributed by atoms with Gasteiger partial charge in [-0.25, -0.2) is 8.42 Å². The number of nitrogens with zero attached hydrogens (tertiary/aromatic N) is 2. The van der Waals surface area contributed by atoms with E-state index >= 15 is 0 Å². The molecule has 0 aliphatic carbocycles. The first-order chi connectivity index (χ1) is 10.9. The Morgan fingerprint density at radius 1 is 1.13 bits per heavy atom. The maximum Gasteiger partial charge on any atom is 0.253 e. The molecule has 7 heteroatoms. The van der Waals surface area contributed by atoms with Crippen molar-refractivity contribution in [1.82, 2.24) is 9.21 Å². The lowest BCUT2D eigenvalue weighted by atomic mass is 10.2. The van der Waals surface area contributed by atoms with E-state index in [1.54, 1.807) is 29.2 Å². The zero-order valence-corrected chi connectivity index (χ0v) is 14.5. The second-order valence-corrected chi connectivity index (χ2v) is 7.66. The van der Waals surface area contributed by atoms with Crippen molar-refractivity contribution in [3.63, 3.8) is 0 Å². The summed E-state index contributed by atoms with van der Waals surface area (Å²) in [5.74, 6) is 0.690. The topological polar surface area (TPSA) is 66.9 Å². The average Bonchev–Trinajstić information content (AvgIpc) is 2.54. The molecule has 0 spiro atoms. The number of unbranched alkanes of at least 4 members (excludes halogenated alkanes) is 1. The number of hydrogen-bond donors (Lipinski definition) is 0. The molecule has 0 saturated carbocycles. The summed E-state index contributed by atoms with van der Waals surface area (Å²) in [6, 6.07) is 7.12. The largest absolute Gasteiger partial charge is 0.494 e. The Kier molecular flexibility index (Phi) is 6.01. The molecule has 0 bridgehead atoms. The van der Waals surface area contributed by atoms with Gasteiger partial charge in [-0.05, 0) is 30.7 Å². The molecule has 0 aromatic heterocycles. The van der Waals surface area contributed by atoms with Gasteiger partial charge in [0.05, 0.1) is 12.9 Å². The first kappa shape index (κ1) is 17.7. The predicted octanol–water partition coefficient (Wildman–Crippen LogP) is 1.58. The van der Waals surface area contributed by atoms with Crippen LogP contribution in [0.5, 0.6) is 5.75 Å². The highest BCUT2D eigenvalue weighted by Crippen LogP contribution is 2.16. The van der Waals surface area contributed by atoms with Crippen LogP contribution in [0.4, 0.5) is 0 Å². The third-order valence-corrected chi connectivity index (χ3v) is 5.17. The van der Waals surface area contributed by atoms with Crippen molar-refractivity contribution in [1.29, 1.82) is 0 Å². The van der Waals surface area contributed by atoms with Gasteiger partial charge >= 0.3 is 0 Å². The van der Waals surface area contributed by atoms with E-state index in [9.17, 15) is 13.2 Å². The van der Waals surface area contributed by atoms with Gasteiger partial charge in [-0.15, -0.1) is 0 Å². The molecular weight excluding hydrogens is 316 g/mol. The van der Waals surface area contributed by atoms with Crippen LogP contribution in [0.15, 0.2) is 24.3 Å². The lowest BCUT2D eigenvalue weighted by Crippen LogP contribution is -2.50. The van der Waals surface area contributed by atoms with Crippen LogP contribution in [0.1, 0.15) is 30.1 Å². The van der Waals surface area contributed by atoms with Crippen LogP contribution in [0.2, 0.25) is 0 Å². The number of carbonyl (C=O) groups excluding carboxylic acids is 1. The van der Waals surface area contributed by atoms with Crippen molar-refractivity contribution in [3.8, 4) is 5.75 Å². The van der Waals surface area contributed by atoms with Gasteiger partial charge < -0.3 is 9.64 Å². The van der Waals surface area contributed by atoms with Crippen molar-refractivity contribution < 1.29 is 17.9 Å². The fourth-order valence-electron chi connectivity index (χ4n) is 2.43. The summed E-state index contributed by atoms with van der Waals surface area (Å²) in [6.45, 7) is 4.32. The monoisotopic (exact) mass is 340 g/mol. The third-order valence-electron chi connectivity index (χ3n) is 3.86.